The Morgan fingerprint density at radius 3 is 2.58 bits per heavy atom. The van der Waals surface area contributed by atoms with E-state index in [1.165, 1.54) is 0 Å². The highest BCUT2D eigenvalue weighted by molar-refractivity contribution is 9.10. The van der Waals surface area contributed by atoms with Crippen LogP contribution in [0.15, 0.2) is 10.7 Å². The van der Waals surface area contributed by atoms with Crippen molar-refractivity contribution >= 4 is 39.0 Å². The number of piperidine rings is 1. The highest BCUT2D eigenvalue weighted by atomic mass is 79.9. The molecular weight excluding hydrogens is 402 g/mol. The second kappa shape index (κ2) is 6.86. The summed E-state index contributed by atoms with van der Waals surface area (Å²) >= 11 is 3.32. The molecule has 0 bridgehead atoms. The number of hydrogen-bond acceptors (Lipinski definition) is 5. The first-order valence-corrected chi connectivity index (χ1v) is 9.27. The zero-order valence-corrected chi connectivity index (χ0v) is 16.6. The van der Waals surface area contributed by atoms with Gasteiger partial charge in [-0.3, -0.25) is 9.89 Å². The van der Waals surface area contributed by atoms with Crippen LogP contribution in [-0.4, -0.2) is 50.8 Å². The summed E-state index contributed by atoms with van der Waals surface area (Å²) in [6.07, 6.45) is 1.21. The molecule has 1 aliphatic heterocycles. The maximum atomic E-state index is 12.2. The van der Waals surface area contributed by atoms with Gasteiger partial charge in [-0.15, -0.1) is 0 Å². The summed E-state index contributed by atoms with van der Waals surface area (Å²) < 4.78 is 5.96. The number of nitrogens with zero attached hydrogens (tertiary/aromatic N) is 3. The molecule has 0 saturated carbocycles. The molecule has 2 amide bonds. The van der Waals surface area contributed by atoms with Gasteiger partial charge in [0, 0.05) is 19.0 Å². The number of fused-ring (bicyclic) bond motifs is 1. The summed E-state index contributed by atoms with van der Waals surface area (Å²) in [5.41, 5.74) is 7.28. The molecule has 2 aromatic rings. The van der Waals surface area contributed by atoms with Crippen LogP contribution in [0.5, 0.6) is 0 Å². The fourth-order valence-electron chi connectivity index (χ4n) is 3.12. The third-order valence-corrected chi connectivity index (χ3v) is 4.72. The van der Waals surface area contributed by atoms with Crippen LogP contribution < -0.4 is 5.73 Å². The van der Waals surface area contributed by atoms with Crippen molar-refractivity contribution in [2.24, 2.45) is 5.73 Å². The second-order valence-corrected chi connectivity index (χ2v) is 8.24. The fraction of sp³-hybridized carbons (Fsp3) is 0.529. The SMILES string of the molecule is CC(C)(C)OC(=O)N1CCC(c2n[nH]c3c(C(N)=O)cc(Br)nc23)CC1. The van der Waals surface area contributed by atoms with Crippen molar-refractivity contribution in [2.75, 3.05) is 13.1 Å². The number of amides is 2. The molecule has 3 heterocycles. The Balaban J connectivity index is 1.78. The predicted octanol–water partition coefficient (Wildman–Crippen LogP) is 2.93. The summed E-state index contributed by atoms with van der Waals surface area (Å²) in [4.78, 5) is 30.0. The van der Waals surface area contributed by atoms with Gasteiger partial charge in [-0.05, 0) is 55.6 Å². The highest BCUT2D eigenvalue weighted by Gasteiger charge is 2.30. The van der Waals surface area contributed by atoms with E-state index in [0.29, 0.717) is 34.3 Å². The number of pyridine rings is 1. The van der Waals surface area contributed by atoms with Crippen molar-refractivity contribution in [1.29, 1.82) is 0 Å². The molecule has 0 unspecified atom stereocenters. The molecule has 26 heavy (non-hydrogen) atoms. The van der Waals surface area contributed by atoms with E-state index in [9.17, 15) is 9.59 Å². The van der Waals surface area contributed by atoms with Gasteiger partial charge in [-0.25, -0.2) is 9.78 Å². The number of ether oxygens (including phenoxy) is 1. The molecule has 8 nitrogen and oxygen atoms in total. The molecule has 140 valence electrons. The molecule has 1 fully saturated rings. The second-order valence-electron chi connectivity index (χ2n) is 7.43. The summed E-state index contributed by atoms with van der Waals surface area (Å²) in [7, 11) is 0. The molecule has 0 spiro atoms. The van der Waals surface area contributed by atoms with E-state index in [-0.39, 0.29) is 12.0 Å². The smallest absolute Gasteiger partial charge is 0.410 e. The number of aromatic amines is 1. The van der Waals surface area contributed by atoms with Gasteiger partial charge >= 0.3 is 6.09 Å². The van der Waals surface area contributed by atoms with Crippen molar-refractivity contribution in [3.8, 4) is 0 Å². The molecule has 2 aromatic heterocycles. The zero-order valence-electron chi connectivity index (χ0n) is 15.0. The van der Waals surface area contributed by atoms with Crippen molar-refractivity contribution in [3.05, 3.63) is 21.9 Å². The van der Waals surface area contributed by atoms with Crippen LogP contribution in [0.2, 0.25) is 0 Å². The van der Waals surface area contributed by atoms with Gasteiger partial charge in [0.05, 0.1) is 16.8 Å². The maximum absolute atomic E-state index is 12.2. The van der Waals surface area contributed by atoms with Crippen molar-refractivity contribution < 1.29 is 14.3 Å². The van der Waals surface area contributed by atoms with Gasteiger partial charge in [-0.2, -0.15) is 5.10 Å². The number of nitrogens with one attached hydrogen (secondary N) is 1. The van der Waals surface area contributed by atoms with Crippen molar-refractivity contribution in [2.45, 2.75) is 45.1 Å². The van der Waals surface area contributed by atoms with E-state index < -0.39 is 11.5 Å². The summed E-state index contributed by atoms with van der Waals surface area (Å²) in [6.45, 7) is 6.74. The fourth-order valence-corrected chi connectivity index (χ4v) is 3.53. The summed E-state index contributed by atoms with van der Waals surface area (Å²) in [5, 5.41) is 7.27. The van der Waals surface area contributed by atoms with Crippen molar-refractivity contribution in [1.82, 2.24) is 20.1 Å². The normalized spacial score (nSPS) is 16.1. The van der Waals surface area contributed by atoms with Gasteiger partial charge in [-0.1, -0.05) is 0 Å². The number of hydrogen-bond donors (Lipinski definition) is 2. The standard InChI is InChI=1S/C17H22BrN5O3/c1-17(2,3)26-16(25)23-6-4-9(5-7-23)12-14-13(22-21-12)10(15(19)24)8-11(18)20-14/h8-9H,4-7H2,1-3H3,(H2,19,24)(H,21,22). The van der Waals surface area contributed by atoms with Crippen LogP contribution >= 0.6 is 15.9 Å². The van der Waals surface area contributed by atoms with E-state index in [2.05, 4.69) is 31.1 Å². The quantitative estimate of drug-likeness (QED) is 0.720. The minimum atomic E-state index is -0.534. The number of carbonyl (C=O) groups is 2. The lowest BCUT2D eigenvalue weighted by Crippen LogP contribution is -2.41. The first-order chi connectivity index (χ1) is 12.2. The highest BCUT2D eigenvalue weighted by Crippen LogP contribution is 2.33. The van der Waals surface area contributed by atoms with Crippen LogP contribution in [0.1, 0.15) is 55.6 Å². The Kier molecular flexibility index (Phi) is 4.92. The molecule has 0 aliphatic carbocycles. The van der Waals surface area contributed by atoms with Gasteiger partial charge in [0.15, 0.2) is 0 Å². The molecule has 9 heteroatoms. The number of carbonyl (C=O) groups excluding carboxylic acids is 2. The number of primary amides is 1. The Labute approximate surface area is 159 Å². The van der Waals surface area contributed by atoms with E-state index in [0.717, 1.165) is 18.5 Å². The number of likely N-dealkylation sites (tertiary alicyclic amines) is 1. The topological polar surface area (TPSA) is 114 Å². The predicted molar refractivity (Wildman–Crippen MR) is 99.9 cm³/mol. The van der Waals surface area contributed by atoms with Gasteiger partial charge < -0.3 is 15.4 Å². The lowest BCUT2D eigenvalue weighted by Gasteiger charge is -2.32. The zero-order chi connectivity index (χ0) is 19.1. The molecule has 3 rings (SSSR count). The van der Waals surface area contributed by atoms with E-state index >= 15 is 0 Å². The van der Waals surface area contributed by atoms with Crippen LogP contribution in [0, 0.1) is 0 Å². The average molecular weight is 424 g/mol. The summed E-state index contributed by atoms with van der Waals surface area (Å²) in [5.74, 6) is -0.391. The molecule has 0 atom stereocenters. The van der Waals surface area contributed by atoms with Crippen LogP contribution in [0.4, 0.5) is 4.79 Å². The van der Waals surface area contributed by atoms with Crippen LogP contribution in [0.25, 0.3) is 11.0 Å². The Morgan fingerprint density at radius 1 is 1.35 bits per heavy atom. The minimum absolute atomic E-state index is 0.143. The van der Waals surface area contributed by atoms with Gasteiger partial charge in [0.2, 0.25) is 0 Å². The van der Waals surface area contributed by atoms with E-state index in [1.54, 1.807) is 11.0 Å². The Bertz CT molecular complexity index is 850. The van der Waals surface area contributed by atoms with E-state index in [4.69, 9.17) is 10.5 Å². The first-order valence-electron chi connectivity index (χ1n) is 8.48. The van der Waals surface area contributed by atoms with Crippen LogP contribution in [0.3, 0.4) is 0 Å². The number of halogens is 1. The maximum Gasteiger partial charge on any atom is 0.410 e. The Hall–Kier alpha value is -2.16. The van der Waals surface area contributed by atoms with Gasteiger partial charge in [0.1, 0.15) is 15.7 Å². The average Bonchev–Trinajstić information content (AvgIpc) is 2.96. The minimum Gasteiger partial charge on any atom is -0.444 e. The lowest BCUT2D eigenvalue weighted by molar-refractivity contribution is 0.0204. The largest absolute Gasteiger partial charge is 0.444 e. The number of nitrogens with two attached hydrogens (primary N) is 1. The molecule has 0 aromatic carbocycles. The number of H-pyrrole nitrogens is 1. The van der Waals surface area contributed by atoms with Crippen LogP contribution in [-0.2, 0) is 4.74 Å². The monoisotopic (exact) mass is 423 g/mol. The molecular formula is C17H22BrN5O3. The molecule has 1 aliphatic rings. The van der Waals surface area contributed by atoms with E-state index in [1.807, 2.05) is 20.8 Å². The molecule has 3 N–H and O–H groups in total. The van der Waals surface area contributed by atoms with Gasteiger partial charge in [0.25, 0.3) is 5.91 Å². The Morgan fingerprint density at radius 2 is 2.00 bits per heavy atom. The third kappa shape index (κ3) is 3.82. The first kappa shape index (κ1) is 18.6. The summed E-state index contributed by atoms with van der Waals surface area (Å²) in [6, 6.07) is 1.58. The third-order valence-electron chi connectivity index (χ3n) is 4.32. The molecule has 1 saturated heterocycles. The number of rotatable bonds is 2. The van der Waals surface area contributed by atoms with Crippen molar-refractivity contribution in [3.63, 3.8) is 0 Å². The molecule has 0 radical (unpaired) electrons. The lowest BCUT2D eigenvalue weighted by atomic mass is 9.93. The number of aromatic nitrogens is 3.